The minimum Gasteiger partial charge on any atom is -0.497 e. The monoisotopic (exact) mass is 396 g/mol. The standard InChI is InChI=1S/C23H28N2O4/c1-13-5-6-16(29-4)11-18(13)23-7-8-25(3)14(2)19(23)10-15-9-17(22(27)28)21(26)24-20(15)12-23/h5-6,9,11,14,19H,7-8,10,12H2,1-4H3,(H,24,26)(H,27,28)/t14?,19?,23-/m0/s1. The Bertz CT molecular complexity index is 1030. The molecule has 4 rings (SSSR count). The second-order valence-electron chi connectivity index (χ2n) is 8.62. The van der Waals surface area contributed by atoms with Crippen molar-refractivity contribution in [3.05, 3.63) is 62.6 Å². The highest BCUT2D eigenvalue weighted by molar-refractivity contribution is 5.87. The molecular formula is C23H28N2O4. The number of H-pyrrole nitrogens is 1. The number of carbonyl (C=O) groups is 1. The summed E-state index contributed by atoms with van der Waals surface area (Å²) in [6.07, 6.45) is 2.43. The number of carboxylic acid groups (broad SMARTS) is 1. The van der Waals surface area contributed by atoms with Crippen molar-refractivity contribution in [2.24, 2.45) is 5.92 Å². The van der Waals surface area contributed by atoms with Gasteiger partial charge in [-0.3, -0.25) is 4.79 Å². The average Bonchev–Trinajstić information content (AvgIpc) is 2.69. The third-order valence-corrected chi connectivity index (χ3v) is 7.26. The van der Waals surface area contributed by atoms with Crippen LogP contribution in [-0.2, 0) is 18.3 Å². The number of aryl methyl sites for hydroxylation is 1. The maximum atomic E-state index is 12.4. The van der Waals surface area contributed by atoms with Gasteiger partial charge in [-0.25, -0.2) is 4.79 Å². The largest absolute Gasteiger partial charge is 0.497 e. The fourth-order valence-corrected chi connectivity index (χ4v) is 5.48. The second kappa shape index (κ2) is 7.02. The molecule has 3 atom stereocenters. The van der Waals surface area contributed by atoms with Gasteiger partial charge in [0, 0.05) is 17.2 Å². The minimum absolute atomic E-state index is 0.120. The maximum Gasteiger partial charge on any atom is 0.341 e. The summed E-state index contributed by atoms with van der Waals surface area (Å²) in [4.78, 5) is 29.1. The predicted molar refractivity (Wildman–Crippen MR) is 111 cm³/mol. The van der Waals surface area contributed by atoms with Crippen LogP contribution in [0.4, 0.5) is 0 Å². The van der Waals surface area contributed by atoms with E-state index in [1.807, 2.05) is 6.07 Å². The molecule has 2 aliphatic rings. The normalized spacial score (nSPS) is 26.5. The van der Waals surface area contributed by atoms with E-state index in [1.54, 1.807) is 13.2 Å². The van der Waals surface area contributed by atoms with Crippen LogP contribution in [0.5, 0.6) is 5.75 Å². The highest BCUT2D eigenvalue weighted by Crippen LogP contribution is 2.50. The minimum atomic E-state index is -1.18. The molecule has 2 unspecified atom stereocenters. The van der Waals surface area contributed by atoms with Gasteiger partial charge in [0.05, 0.1) is 7.11 Å². The number of nitrogens with one attached hydrogen (secondary N) is 1. The van der Waals surface area contributed by atoms with Crippen LogP contribution >= 0.6 is 0 Å². The Morgan fingerprint density at radius 1 is 1.34 bits per heavy atom. The van der Waals surface area contributed by atoms with Crippen molar-refractivity contribution in [1.29, 1.82) is 0 Å². The third kappa shape index (κ3) is 3.06. The molecular weight excluding hydrogens is 368 g/mol. The maximum absolute atomic E-state index is 12.4. The van der Waals surface area contributed by atoms with E-state index < -0.39 is 11.5 Å². The smallest absolute Gasteiger partial charge is 0.341 e. The van der Waals surface area contributed by atoms with Crippen LogP contribution in [0.2, 0.25) is 0 Å². The number of methoxy groups -OCH3 is 1. The van der Waals surface area contributed by atoms with Gasteiger partial charge in [-0.05, 0) is 87.5 Å². The average molecular weight is 396 g/mol. The Morgan fingerprint density at radius 2 is 2.10 bits per heavy atom. The quantitative estimate of drug-likeness (QED) is 0.834. The van der Waals surface area contributed by atoms with Crippen molar-refractivity contribution >= 4 is 5.97 Å². The Kier molecular flexibility index (Phi) is 4.77. The molecule has 6 heteroatoms. The number of piperidine rings is 1. The number of hydrogen-bond acceptors (Lipinski definition) is 4. The highest BCUT2D eigenvalue weighted by atomic mass is 16.5. The first kappa shape index (κ1) is 19.7. The summed E-state index contributed by atoms with van der Waals surface area (Å²) in [5.41, 5.74) is 3.50. The lowest BCUT2D eigenvalue weighted by Crippen LogP contribution is -2.57. The van der Waals surface area contributed by atoms with Gasteiger partial charge in [0.1, 0.15) is 11.3 Å². The molecule has 6 nitrogen and oxygen atoms in total. The SMILES string of the molecule is COc1ccc(C)c([C@@]23CCN(C)C(C)C2Cc2cc(C(=O)O)c(=O)[nH]c2C3)c1. The molecule has 1 aliphatic carbocycles. The van der Waals surface area contributed by atoms with Crippen molar-refractivity contribution in [3.63, 3.8) is 0 Å². The number of ether oxygens (including phenoxy) is 1. The summed E-state index contributed by atoms with van der Waals surface area (Å²) in [6, 6.07) is 8.16. The zero-order valence-corrected chi connectivity index (χ0v) is 17.4. The van der Waals surface area contributed by atoms with E-state index in [-0.39, 0.29) is 11.0 Å². The summed E-state index contributed by atoms with van der Waals surface area (Å²) < 4.78 is 5.52. The van der Waals surface area contributed by atoms with Gasteiger partial charge < -0.3 is 19.7 Å². The highest BCUT2D eigenvalue weighted by Gasteiger charge is 2.50. The molecule has 1 aromatic heterocycles. The van der Waals surface area contributed by atoms with E-state index in [2.05, 4.69) is 42.9 Å². The number of pyridine rings is 1. The van der Waals surface area contributed by atoms with E-state index in [0.29, 0.717) is 18.4 Å². The number of benzene rings is 1. The van der Waals surface area contributed by atoms with Crippen molar-refractivity contribution in [1.82, 2.24) is 9.88 Å². The van der Waals surface area contributed by atoms with Crippen molar-refractivity contribution in [3.8, 4) is 5.75 Å². The number of nitrogens with zero attached hydrogens (tertiary/aromatic N) is 1. The number of aromatic carboxylic acids is 1. The zero-order valence-electron chi connectivity index (χ0n) is 17.4. The summed E-state index contributed by atoms with van der Waals surface area (Å²) in [7, 11) is 3.83. The van der Waals surface area contributed by atoms with E-state index in [0.717, 1.165) is 36.4 Å². The number of likely N-dealkylation sites (tertiary alicyclic amines) is 1. The molecule has 154 valence electrons. The fourth-order valence-electron chi connectivity index (χ4n) is 5.48. The van der Waals surface area contributed by atoms with E-state index in [4.69, 9.17) is 4.74 Å². The van der Waals surface area contributed by atoms with Crippen molar-refractivity contribution < 1.29 is 14.6 Å². The summed E-state index contributed by atoms with van der Waals surface area (Å²) in [5, 5.41) is 9.37. The molecule has 1 fully saturated rings. The summed E-state index contributed by atoms with van der Waals surface area (Å²) in [5.74, 6) is -0.0266. The van der Waals surface area contributed by atoms with E-state index in [1.165, 1.54) is 11.1 Å². The molecule has 2 heterocycles. The van der Waals surface area contributed by atoms with Crippen LogP contribution in [0.25, 0.3) is 0 Å². The van der Waals surface area contributed by atoms with Crippen LogP contribution in [0.3, 0.4) is 0 Å². The fraction of sp³-hybridized carbons (Fsp3) is 0.478. The Balaban J connectivity index is 1.91. The first-order valence-corrected chi connectivity index (χ1v) is 10.1. The lowest BCUT2D eigenvalue weighted by atomic mass is 9.56. The molecule has 1 saturated heterocycles. The molecule has 1 aromatic carbocycles. The topological polar surface area (TPSA) is 82.6 Å². The number of rotatable bonds is 3. The van der Waals surface area contributed by atoms with Crippen LogP contribution < -0.4 is 10.3 Å². The van der Waals surface area contributed by atoms with Gasteiger partial charge in [0.2, 0.25) is 0 Å². The van der Waals surface area contributed by atoms with Crippen LogP contribution in [0.15, 0.2) is 29.1 Å². The zero-order chi connectivity index (χ0) is 20.9. The van der Waals surface area contributed by atoms with Gasteiger partial charge in [0.25, 0.3) is 5.56 Å². The second-order valence-corrected chi connectivity index (χ2v) is 8.62. The Morgan fingerprint density at radius 3 is 2.79 bits per heavy atom. The molecule has 0 saturated carbocycles. The first-order valence-electron chi connectivity index (χ1n) is 10.1. The Hall–Kier alpha value is -2.60. The van der Waals surface area contributed by atoms with Gasteiger partial charge in [0.15, 0.2) is 0 Å². The van der Waals surface area contributed by atoms with Gasteiger partial charge >= 0.3 is 5.97 Å². The first-order chi connectivity index (χ1) is 13.8. The number of aromatic amines is 1. The molecule has 0 spiro atoms. The number of carboxylic acids is 1. The van der Waals surface area contributed by atoms with Crippen molar-refractivity contribution in [2.45, 2.75) is 44.6 Å². The number of fused-ring (bicyclic) bond motifs is 2. The Labute approximate surface area is 170 Å². The van der Waals surface area contributed by atoms with Gasteiger partial charge in [-0.1, -0.05) is 6.07 Å². The van der Waals surface area contributed by atoms with E-state index in [9.17, 15) is 14.7 Å². The third-order valence-electron chi connectivity index (χ3n) is 7.26. The van der Waals surface area contributed by atoms with Crippen LogP contribution in [-0.4, -0.2) is 47.7 Å². The lowest BCUT2D eigenvalue weighted by Gasteiger charge is -2.54. The lowest BCUT2D eigenvalue weighted by molar-refractivity contribution is 0.0447. The van der Waals surface area contributed by atoms with E-state index >= 15 is 0 Å². The molecule has 29 heavy (non-hydrogen) atoms. The summed E-state index contributed by atoms with van der Waals surface area (Å²) in [6.45, 7) is 5.36. The van der Waals surface area contributed by atoms with Gasteiger partial charge in [-0.2, -0.15) is 0 Å². The molecule has 2 aromatic rings. The number of aromatic nitrogens is 1. The van der Waals surface area contributed by atoms with Gasteiger partial charge in [-0.15, -0.1) is 0 Å². The summed E-state index contributed by atoms with van der Waals surface area (Å²) >= 11 is 0. The van der Waals surface area contributed by atoms with Crippen LogP contribution in [0.1, 0.15) is 46.1 Å². The molecule has 0 radical (unpaired) electrons. The molecule has 0 bridgehead atoms. The molecule has 1 aliphatic heterocycles. The van der Waals surface area contributed by atoms with Crippen LogP contribution in [0, 0.1) is 12.8 Å². The molecule has 2 N–H and O–H groups in total. The number of hydrogen-bond donors (Lipinski definition) is 2. The predicted octanol–water partition coefficient (Wildman–Crippen LogP) is 2.77. The van der Waals surface area contributed by atoms with Crippen molar-refractivity contribution in [2.75, 3.05) is 20.7 Å². The molecule has 0 amide bonds.